The summed E-state index contributed by atoms with van der Waals surface area (Å²) in [6.45, 7) is 2.01. The summed E-state index contributed by atoms with van der Waals surface area (Å²) in [4.78, 5) is 4.22. The predicted molar refractivity (Wildman–Crippen MR) is 69.7 cm³/mol. The highest BCUT2D eigenvalue weighted by atomic mass is 32.2. The maximum absolute atomic E-state index is 6.06. The summed E-state index contributed by atoms with van der Waals surface area (Å²) in [5.41, 5.74) is 7.28. The van der Waals surface area contributed by atoms with Gasteiger partial charge in [-0.1, -0.05) is 42.1 Å². The van der Waals surface area contributed by atoms with Gasteiger partial charge in [-0.2, -0.15) is 5.10 Å². The molecule has 5 heteroatoms. The number of benzene rings is 1. The van der Waals surface area contributed by atoms with Crippen LogP contribution in [-0.2, 0) is 7.05 Å². The molecule has 1 aromatic heterocycles. The van der Waals surface area contributed by atoms with E-state index in [0.717, 1.165) is 5.16 Å². The molecule has 0 aliphatic carbocycles. The number of hydrogen-bond donors (Lipinski definition) is 1. The number of aryl methyl sites for hydroxylation is 1. The molecule has 0 fully saturated rings. The van der Waals surface area contributed by atoms with Crippen molar-refractivity contribution in [3.8, 4) is 0 Å². The zero-order chi connectivity index (χ0) is 12.3. The average molecular weight is 248 g/mol. The van der Waals surface area contributed by atoms with E-state index in [1.807, 2.05) is 32.2 Å². The van der Waals surface area contributed by atoms with E-state index in [4.69, 9.17) is 5.73 Å². The molecule has 2 aromatic rings. The van der Waals surface area contributed by atoms with Crippen LogP contribution < -0.4 is 5.73 Å². The molecule has 1 heterocycles. The number of nitrogens with two attached hydrogens (primary N) is 1. The molecule has 0 saturated heterocycles. The smallest absolute Gasteiger partial charge is 0.186 e. The van der Waals surface area contributed by atoms with E-state index >= 15 is 0 Å². The topological polar surface area (TPSA) is 56.7 Å². The summed E-state index contributed by atoms with van der Waals surface area (Å²) in [6, 6.07) is 10.3. The van der Waals surface area contributed by atoms with Crippen LogP contribution in [0, 0.1) is 0 Å². The molecule has 90 valence electrons. The lowest BCUT2D eigenvalue weighted by molar-refractivity contribution is 0.672. The van der Waals surface area contributed by atoms with Gasteiger partial charge in [0.1, 0.15) is 6.33 Å². The molecule has 17 heavy (non-hydrogen) atoms. The lowest BCUT2D eigenvalue weighted by Gasteiger charge is -2.19. The molecule has 0 aliphatic heterocycles. The number of rotatable bonds is 4. The summed E-state index contributed by atoms with van der Waals surface area (Å²) in [6.07, 6.45) is 1.56. The van der Waals surface area contributed by atoms with Crippen LogP contribution in [0.2, 0.25) is 0 Å². The SMILES string of the molecule is CC(N)C(Sc1ncnn1C)c1ccccc1. The third-order valence-electron chi connectivity index (χ3n) is 2.51. The summed E-state index contributed by atoms with van der Waals surface area (Å²) < 4.78 is 1.77. The Kier molecular flexibility index (Phi) is 3.81. The highest BCUT2D eigenvalue weighted by molar-refractivity contribution is 7.99. The van der Waals surface area contributed by atoms with Crippen LogP contribution >= 0.6 is 11.8 Å². The van der Waals surface area contributed by atoms with Crippen molar-refractivity contribution in [2.45, 2.75) is 23.4 Å². The van der Waals surface area contributed by atoms with Crippen molar-refractivity contribution in [1.29, 1.82) is 0 Å². The molecule has 2 unspecified atom stereocenters. The highest BCUT2D eigenvalue weighted by Crippen LogP contribution is 2.35. The molecule has 1 aromatic carbocycles. The third-order valence-corrected chi connectivity index (χ3v) is 4.04. The number of nitrogens with zero attached hydrogens (tertiary/aromatic N) is 3. The number of thioether (sulfide) groups is 1. The summed E-state index contributed by atoms with van der Waals surface area (Å²) in [5.74, 6) is 0. The van der Waals surface area contributed by atoms with Gasteiger partial charge in [0.2, 0.25) is 0 Å². The second-order valence-corrected chi connectivity index (χ2v) is 5.08. The zero-order valence-electron chi connectivity index (χ0n) is 9.95. The van der Waals surface area contributed by atoms with Crippen LogP contribution in [0.15, 0.2) is 41.8 Å². The molecule has 0 saturated carbocycles. The minimum atomic E-state index is 0.0547. The standard InChI is InChI=1S/C12H16N4S/c1-9(13)11(10-6-4-3-5-7-10)17-12-14-8-15-16(12)2/h3-9,11H,13H2,1-2H3. The Bertz CT molecular complexity index is 466. The molecule has 2 atom stereocenters. The molecule has 0 bridgehead atoms. The molecule has 2 rings (SSSR count). The zero-order valence-corrected chi connectivity index (χ0v) is 10.8. The summed E-state index contributed by atoms with van der Waals surface area (Å²) >= 11 is 1.65. The fourth-order valence-electron chi connectivity index (χ4n) is 1.63. The van der Waals surface area contributed by atoms with E-state index in [0.29, 0.717) is 0 Å². The number of hydrogen-bond acceptors (Lipinski definition) is 4. The largest absolute Gasteiger partial charge is 0.327 e. The van der Waals surface area contributed by atoms with Gasteiger partial charge >= 0.3 is 0 Å². The van der Waals surface area contributed by atoms with E-state index in [2.05, 4.69) is 22.2 Å². The van der Waals surface area contributed by atoms with Gasteiger partial charge in [0.25, 0.3) is 0 Å². The van der Waals surface area contributed by atoms with Gasteiger partial charge in [-0.3, -0.25) is 0 Å². The Labute approximate surface area is 105 Å². The fourth-order valence-corrected chi connectivity index (χ4v) is 2.67. The van der Waals surface area contributed by atoms with Crippen LogP contribution in [0.25, 0.3) is 0 Å². The molecule has 0 spiro atoms. The second-order valence-electron chi connectivity index (χ2n) is 3.97. The van der Waals surface area contributed by atoms with Gasteiger partial charge in [-0.25, -0.2) is 9.67 Å². The second kappa shape index (κ2) is 5.33. The molecule has 0 radical (unpaired) electrons. The first-order valence-electron chi connectivity index (χ1n) is 5.49. The number of aromatic nitrogens is 3. The summed E-state index contributed by atoms with van der Waals surface area (Å²) in [7, 11) is 1.89. The van der Waals surface area contributed by atoms with Gasteiger partial charge in [-0.05, 0) is 12.5 Å². The lowest BCUT2D eigenvalue weighted by Crippen LogP contribution is -2.22. The minimum absolute atomic E-state index is 0.0547. The van der Waals surface area contributed by atoms with Crippen LogP contribution in [0.3, 0.4) is 0 Å². The normalized spacial score (nSPS) is 14.5. The van der Waals surface area contributed by atoms with E-state index in [1.165, 1.54) is 5.56 Å². The Morgan fingerprint density at radius 1 is 1.29 bits per heavy atom. The highest BCUT2D eigenvalue weighted by Gasteiger charge is 2.19. The first-order chi connectivity index (χ1) is 8.18. The maximum Gasteiger partial charge on any atom is 0.186 e. The molecular weight excluding hydrogens is 232 g/mol. The maximum atomic E-state index is 6.06. The van der Waals surface area contributed by atoms with Crippen molar-refractivity contribution in [1.82, 2.24) is 14.8 Å². The Hall–Kier alpha value is -1.33. The van der Waals surface area contributed by atoms with Crippen LogP contribution in [-0.4, -0.2) is 20.8 Å². The quantitative estimate of drug-likeness (QED) is 0.841. The van der Waals surface area contributed by atoms with Crippen molar-refractivity contribution < 1.29 is 0 Å². The Morgan fingerprint density at radius 2 is 2.00 bits per heavy atom. The molecule has 0 aliphatic rings. The van der Waals surface area contributed by atoms with E-state index in [-0.39, 0.29) is 11.3 Å². The first kappa shape index (κ1) is 12.1. The van der Waals surface area contributed by atoms with Crippen molar-refractivity contribution in [3.05, 3.63) is 42.2 Å². The monoisotopic (exact) mass is 248 g/mol. The Balaban J connectivity index is 2.22. The van der Waals surface area contributed by atoms with Gasteiger partial charge in [0.05, 0.1) is 5.25 Å². The third kappa shape index (κ3) is 2.87. The van der Waals surface area contributed by atoms with Crippen molar-refractivity contribution in [2.24, 2.45) is 12.8 Å². The molecule has 0 amide bonds. The minimum Gasteiger partial charge on any atom is -0.327 e. The van der Waals surface area contributed by atoms with Crippen LogP contribution in [0.1, 0.15) is 17.7 Å². The van der Waals surface area contributed by atoms with Gasteiger partial charge < -0.3 is 5.73 Å². The predicted octanol–water partition coefficient (Wildman–Crippen LogP) is 2.00. The van der Waals surface area contributed by atoms with Gasteiger partial charge in [0.15, 0.2) is 5.16 Å². The average Bonchev–Trinajstić information content (AvgIpc) is 2.72. The molecular formula is C12H16N4S. The van der Waals surface area contributed by atoms with Crippen LogP contribution in [0.5, 0.6) is 0 Å². The van der Waals surface area contributed by atoms with Gasteiger partial charge in [-0.15, -0.1) is 0 Å². The molecule has 4 nitrogen and oxygen atoms in total. The van der Waals surface area contributed by atoms with Gasteiger partial charge in [0, 0.05) is 13.1 Å². The fraction of sp³-hybridized carbons (Fsp3) is 0.333. The first-order valence-corrected chi connectivity index (χ1v) is 6.37. The molecule has 2 N–H and O–H groups in total. The van der Waals surface area contributed by atoms with E-state index in [9.17, 15) is 0 Å². The lowest BCUT2D eigenvalue weighted by atomic mass is 10.1. The van der Waals surface area contributed by atoms with E-state index in [1.54, 1.807) is 22.8 Å². The van der Waals surface area contributed by atoms with E-state index < -0.39 is 0 Å². The van der Waals surface area contributed by atoms with Crippen LogP contribution in [0.4, 0.5) is 0 Å². The van der Waals surface area contributed by atoms with Crippen molar-refractivity contribution in [2.75, 3.05) is 0 Å². The van der Waals surface area contributed by atoms with Crippen molar-refractivity contribution >= 4 is 11.8 Å². The Morgan fingerprint density at radius 3 is 2.53 bits per heavy atom. The van der Waals surface area contributed by atoms with Crippen molar-refractivity contribution in [3.63, 3.8) is 0 Å². The summed E-state index contributed by atoms with van der Waals surface area (Å²) in [5, 5.41) is 5.15.